The monoisotopic (exact) mass is 464 g/mol. The van der Waals surface area contributed by atoms with Crippen molar-refractivity contribution in [2.75, 3.05) is 43.8 Å². The van der Waals surface area contributed by atoms with Gasteiger partial charge in [-0.2, -0.15) is 0 Å². The van der Waals surface area contributed by atoms with Crippen LogP contribution >= 0.6 is 0 Å². The molecule has 2 rings (SSSR count). The quantitative estimate of drug-likeness (QED) is 0.441. The first-order valence-corrected chi connectivity index (χ1v) is 11.1. The lowest BCUT2D eigenvalue weighted by molar-refractivity contribution is -0.114. The van der Waals surface area contributed by atoms with Crippen LogP contribution in [0.2, 0.25) is 0 Å². The number of nitrogens with zero attached hydrogens (tertiary/aromatic N) is 1. The number of esters is 1. The average molecular weight is 464 g/mol. The zero-order valence-corrected chi connectivity index (χ0v) is 19.1. The lowest BCUT2D eigenvalue weighted by atomic mass is 10.1. The van der Waals surface area contributed by atoms with Gasteiger partial charge in [0.25, 0.3) is 0 Å². The van der Waals surface area contributed by atoms with E-state index in [-0.39, 0.29) is 34.2 Å². The molecule has 0 aliphatic heterocycles. The molecule has 1 N–H and O–H groups in total. The Bertz CT molecular complexity index is 1140. The molecule has 0 unspecified atom stereocenters. The summed E-state index contributed by atoms with van der Waals surface area (Å²) in [5, 5.41) is 2.51. The van der Waals surface area contributed by atoms with Crippen LogP contribution < -0.4 is 19.1 Å². The van der Waals surface area contributed by atoms with Crippen LogP contribution in [0.15, 0.2) is 36.4 Å². The molecule has 0 saturated carbocycles. The normalized spacial score (nSPS) is 10.8. The Morgan fingerprint density at radius 2 is 1.62 bits per heavy atom. The molecule has 0 atom stereocenters. The molecule has 172 valence electrons. The second kappa shape index (κ2) is 10.1. The largest absolute Gasteiger partial charge is 0.493 e. The van der Waals surface area contributed by atoms with Crippen LogP contribution in [0.1, 0.15) is 27.6 Å². The van der Waals surface area contributed by atoms with Gasteiger partial charge in [0.1, 0.15) is 6.54 Å². The van der Waals surface area contributed by atoms with Crippen molar-refractivity contribution in [1.29, 1.82) is 0 Å². The number of amides is 1. The number of ether oxygens (including phenoxy) is 3. The highest BCUT2D eigenvalue weighted by atomic mass is 32.2. The first-order valence-electron chi connectivity index (χ1n) is 9.24. The molecule has 0 aromatic heterocycles. The number of carbonyl (C=O) groups is 3. The van der Waals surface area contributed by atoms with Crippen molar-refractivity contribution < 1.29 is 37.0 Å². The number of ketones is 1. The fourth-order valence-electron chi connectivity index (χ4n) is 2.86. The summed E-state index contributed by atoms with van der Waals surface area (Å²) in [6.07, 6.45) is 0.941. The third-order valence-corrected chi connectivity index (χ3v) is 5.57. The summed E-state index contributed by atoms with van der Waals surface area (Å²) in [7, 11) is 0.0699. The molecule has 0 bridgehead atoms. The van der Waals surface area contributed by atoms with Crippen LogP contribution in [-0.2, 0) is 19.6 Å². The summed E-state index contributed by atoms with van der Waals surface area (Å²) < 4.78 is 40.7. The van der Waals surface area contributed by atoms with E-state index in [9.17, 15) is 22.8 Å². The molecule has 0 aliphatic rings. The molecule has 10 nitrogen and oxygen atoms in total. The Kier molecular flexibility index (Phi) is 7.82. The van der Waals surface area contributed by atoms with Crippen LogP contribution in [-0.4, -0.2) is 60.2 Å². The first kappa shape index (κ1) is 24.7. The van der Waals surface area contributed by atoms with E-state index in [0.717, 1.165) is 10.6 Å². The Labute approximate surface area is 186 Å². The van der Waals surface area contributed by atoms with Gasteiger partial charge in [0, 0.05) is 17.7 Å². The van der Waals surface area contributed by atoms with Gasteiger partial charge in [0.15, 0.2) is 17.3 Å². The van der Waals surface area contributed by atoms with Gasteiger partial charge in [-0.1, -0.05) is 12.1 Å². The Balaban J connectivity index is 2.41. The minimum atomic E-state index is -3.88. The molecule has 0 saturated heterocycles. The fourth-order valence-corrected chi connectivity index (χ4v) is 3.71. The number of benzene rings is 2. The second-order valence-corrected chi connectivity index (χ2v) is 8.58. The van der Waals surface area contributed by atoms with E-state index in [1.165, 1.54) is 58.6 Å². The van der Waals surface area contributed by atoms with Crippen LogP contribution in [0.3, 0.4) is 0 Å². The Morgan fingerprint density at radius 3 is 2.16 bits per heavy atom. The van der Waals surface area contributed by atoms with E-state index in [0.29, 0.717) is 5.56 Å². The lowest BCUT2D eigenvalue weighted by Gasteiger charge is -2.23. The van der Waals surface area contributed by atoms with Crippen molar-refractivity contribution in [1.82, 2.24) is 0 Å². The number of hydrogen-bond donors (Lipinski definition) is 1. The van der Waals surface area contributed by atoms with Crippen molar-refractivity contribution in [3.63, 3.8) is 0 Å². The molecule has 0 heterocycles. The average Bonchev–Trinajstić information content (AvgIpc) is 2.75. The van der Waals surface area contributed by atoms with E-state index < -0.39 is 28.4 Å². The van der Waals surface area contributed by atoms with Gasteiger partial charge in [-0.3, -0.25) is 13.9 Å². The van der Waals surface area contributed by atoms with E-state index in [4.69, 9.17) is 14.2 Å². The predicted octanol–water partition coefficient (Wildman–Crippen LogP) is 2.10. The summed E-state index contributed by atoms with van der Waals surface area (Å²) >= 11 is 0. The van der Waals surface area contributed by atoms with Crippen LogP contribution in [0, 0.1) is 0 Å². The number of carbonyl (C=O) groups excluding carboxylic acids is 3. The highest BCUT2D eigenvalue weighted by Crippen LogP contribution is 2.34. The summed E-state index contributed by atoms with van der Waals surface area (Å²) in [4.78, 5) is 36.6. The van der Waals surface area contributed by atoms with E-state index in [2.05, 4.69) is 5.32 Å². The molecule has 0 spiro atoms. The van der Waals surface area contributed by atoms with Crippen molar-refractivity contribution in [2.45, 2.75) is 6.92 Å². The Hall–Kier alpha value is -3.60. The molecular formula is C21H24N2O8S. The van der Waals surface area contributed by atoms with Crippen LogP contribution in [0.4, 0.5) is 11.4 Å². The molecule has 0 fully saturated rings. The van der Waals surface area contributed by atoms with E-state index >= 15 is 0 Å². The first-order chi connectivity index (χ1) is 15.0. The maximum atomic E-state index is 12.8. The van der Waals surface area contributed by atoms with Crippen molar-refractivity contribution in [2.24, 2.45) is 0 Å². The zero-order chi connectivity index (χ0) is 24.1. The van der Waals surface area contributed by atoms with Crippen molar-refractivity contribution in [3.05, 3.63) is 47.5 Å². The zero-order valence-electron chi connectivity index (χ0n) is 18.3. The van der Waals surface area contributed by atoms with Gasteiger partial charge in [-0.15, -0.1) is 0 Å². The SMILES string of the molecule is COC(=O)c1cc(OC)c(OC)cc1NC(=O)CN(c1cccc(C(C)=O)c1)S(C)(=O)=O. The number of anilines is 2. The molecule has 2 aromatic carbocycles. The standard InChI is InChI=1S/C21H24N2O8S/c1-13(24)14-7-6-8-15(9-14)23(32(5,27)28)12-20(25)22-17-11-19(30-3)18(29-2)10-16(17)21(26)31-4/h6-11H,12H2,1-5H3,(H,22,25). The van der Waals surface area contributed by atoms with Gasteiger partial charge in [0.2, 0.25) is 15.9 Å². The predicted molar refractivity (Wildman–Crippen MR) is 118 cm³/mol. The highest BCUT2D eigenvalue weighted by molar-refractivity contribution is 7.92. The summed E-state index contributed by atoms with van der Waals surface area (Å²) in [5.74, 6) is -1.25. The number of methoxy groups -OCH3 is 3. The number of Topliss-reactive ketones (excluding diaryl/α,β-unsaturated/α-hetero) is 1. The molecule has 11 heteroatoms. The van der Waals surface area contributed by atoms with Crippen LogP contribution in [0.5, 0.6) is 11.5 Å². The molecule has 1 amide bonds. The van der Waals surface area contributed by atoms with Gasteiger partial charge in [-0.25, -0.2) is 13.2 Å². The molecule has 32 heavy (non-hydrogen) atoms. The van der Waals surface area contributed by atoms with Gasteiger partial charge >= 0.3 is 5.97 Å². The Morgan fingerprint density at radius 1 is 1.00 bits per heavy atom. The number of nitrogens with one attached hydrogen (secondary N) is 1. The minimum absolute atomic E-state index is 0.0111. The molecule has 0 radical (unpaired) electrons. The van der Waals surface area contributed by atoms with Gasteiger partial charge in [0.05, 0.1) is 44.5 Å². The van der Waals surface area contributed by atoms with Crippen LogP contribution in [0.25, 0.3) is 0 Å². The third kappa shape index (κ3) is 5.76. The number of rotatable bonds is 9. The van der Waals surface area contributed by atoms with Crippen molar-refractivity contribution >= 4 is 39.1 Å². The third-order valence-electron chi connectivity index (χ3n) is 4.43. The highest BCUT2D eigenvalue weighted by Gasteiger charge is 2.24. The summed E-state index contributed by atoms with van der Waals surface area (Å²) in [5.41, 5.74) is 0.480. The molecule has 2 aromatic rings. The van der Waals surface area contributed by atoms with Gasteiger partial charge < -0.3 is 19.5 Å². The van der Waals surface area contributed by atoms with E-state index in [1.54, 1.807) is 6.07 Å². The topological polar surface area (TPSA) is 128 Å². The smallest absolute Gasteiger partial charge is 0.340 e. The summed E-state index contributed by atoms with van der Waals surface area (Å²) in [6, 6.07) is 8.61. The maximum Gasteiger partial charge on any atom is 0.340 e. The second-order valence-electron chi connectivity index (χ2n) is 6.67. The minimum Gasteiger partial charge on any atom is -0.493 e. The maximum absolute atomic E-state index is 12.8. The van der Waals surface area contributed by atoms with Gasteiger partial charge in [-0.05, 0) is 19.1 Å². The lowest BCUT2D eigenvalue weighted by Crippen LogP contribution is -2.37. The van der Waals surface area contributed by atoms with E-state index in [1.807, 2.05) is 0 Å². The molecule has 0 aliphatic carbocycles. The fraction of sp³-hybridized carbons (Fsp3) is 0.286. The number of sulfonamides is 1. The molecular weight excluding hydrogens is 440 g/mol. The van der Waals surface area contributed by atoms with Crippen molar-refractivity contribution in [3.8, 4) is 11.5 Å². The number of hydrogen-bond acceptors (Lipinski definition) is 8. The summed E-state index contributed by atoms with van der Waals surface area (Å²) in [6.45, 7) is 0.747.